The molecule has 0 radical (unpaired) electrons. The van der Waals surface area contributed by atoms with Crippen LogP contribution in [0.4, 0.5) is 0 Å². The Bertz CT molecular complexity index is 1490. The molecular weight excluding hydrogens is 528 g/mol. The first-order valence-electron chi connectivity index (χ1n) is 16.1. The van der Waals surface area contributed by atoms with Gasteiger partial charge in [0.1, 0.15) is 11.8 Å². The number of nitrogens with zero attached hydrogens (tertiary/aromatic N) is 3. The van der Waals surface area contributed by atoms with Crippen molar-refractivity contribution in [2.45, 2.75) is 96.6 Å². The zero-order valence-corrected chi connectivity index (χ0v) is 25.1. The van der Waals surface area contributed by atoms with Crippen molar-refractivity contribution in [2.24, 2.45) is 11.3 Å². The molecule has 42 heavy (non-hydrogen) atoms. The Balaban J connectivity index is 1.16. The maximum atomic E-state index is 13.5. The van der Waals surface area contributed by atoms with E-state index in [1.54, 1.807) is 6.20 Å². The van der Waals surface area contributed by atoms with Gasteiger partial charge in [-0.05, 0) is 93.6 Å². The summed E-state index contributed by atoms with van der Waals surface area (Å²) in [6.07, 6.45) is 13.5. The van der Waals surface area contributed by atoms with E-state index < -0.39 is 0 Å². The largest absolute Gasteiger partial charge is 0.438 e. The van der Waals surface area contributed by atoms with Crippen LogP contribution in [0.5, 0.6) is 0 Å². The maximum Gasteiger partial charge on any atom is 0.258 e. The average molecular weight is 573 g/mol. The highest BCUT2D eigenvalue weighted by molar-refractivity contribution is 5.86. The molecule has 2 atom stereocenters. The van der Waals surface area contributed by atoms with Crippen molar-refractivity contribution in [3.8, 4) is 11.3 Å². The molecule has 3 heterocycles. The van der Waals surface area contributed by atoms with Gasteiger partial charge in [0, 0.05) is 41.9 Å². The minimum absolute atomic E-state index is 0.0569. The topological polar surface area (TPSA) is 97.4 Å². The van der Waals surface area contributed by atoms with E-state index >= 15 is 0 Å². The smallest absolute Gasteiger partial charge is 0.258 e. The Morgan fingerprint density at radius 3 is 2.67 bits per heavy atom. The summed E-state index contributed by atoms with van der Waals surface area (Å²) in [5, 5.41) is 4.90. The summed E-state index contributed by atoms with van der Waals surface area (Å²) in [5.74, 6) is 1.62. The van der Waals surface area contributed by atoms with E-state index in [1.807, 2.05) is 42.0 Å². The zero-order chi connectivity index (χ0) is 29.3. The second kappa shape index (κ2) is 12.2. The maximum absolute atomic E-state index is 13.5. The summed E-state index contributed by atoms with van der Waals surface area (Å²) >= 11 is 0. The minimum Gasteiger partial charge on any atom is -0.438 e. The summed E-state index contributed by atoms with van der Waals surface area (Å²) in [4.78, 5) is 45.2. The number of rotatable bonds is 13. The van der Waals surface area contributed by atoms with Crippen molar-refractivity contribution in [1.82, 2.24) is 19.8 Å². The molecule has 8 nitrogen and oxygen atoms in total. The summed E-state index contributed by atoms with van der Waals surface area (Å²) in [6.45, 7) is 7.32. The first-order valence-corrected chi connectivity index (χ1v) is 16.1. The monoisotopic (exact) mass is 572 g/mol. The second-order valence-electron chi connectivity index (χ2n) is 12.7. The molecule has 8 heteroatoms. The van der Waals surface area contributed by atoms with Crippen molar-refractivity contribution in [3.05, 3.63) is 52.9 Å². The minimum atomic E-state index is -0.312. The van der Waals surface area contributed by atoms with E-state index in [0.717, 1.165) is 82.0 Å². The van der Waals surface area contributed by atoms with E-state index in [9.17, 15) is 14.4 Å². The van der Waals surface area contributed by atoms with Gasteiger partial charge in [-0.1, -0.05) is 32.8 Å². The fourth-order valence-electron chi connectivity index (χ4n) is 6.78. The number of pyridine rings is 1. The van der Waals surface area contributed by atoms with E-state index in [2.05, 4.69) is 22.1 Å². The van der Waals surface area contributed by atoms with E-state index in [0.29, 0.717) is 48.1 Å². The number of carbonyl (C=O) groups is 2. The zero-order valence-electron chi connectivity index (χ0n) is 25.1. The van der Waals surface area contributed by atoms with Crippen molar-refractivity contribution in [3.63, 3.8) is 0 Å². The number of amides is 1. The number of piperidine rings is 1. The van der Waals surface area contributed by atoms with Gasteiger partial charge < -0.3 is 19.2 Å². The Morgan fingerprint density at radius 1 is 1.12 bits per heavy atom. The quantitative estimate of drug-likeness (QED) is 0.245. The Hall–Kier alpha value is -3.26. The van der Waals surface area contributed by atoms with Gasteiger partial charge in [-0.25, -0.2) is 4.98 Å². The number of fused-ring (bicyclic) bond motifs is 1. The molecule has 3 aliphatic rings. The fraction of sp³-hybridized carbons (Fsp3) is 0.588. The van der Waals surface area contributed by atoms with Crippen LogP contribution >= 0.6 is 0 Å². The van der Waals surface area contributed by atoms with Gasteiger partial charge in [-0.3, -0.25) is 14.4 Å². The molecule has 224 valence electrons. The standard InChI is InChI=1S/C34H44N4O4/c1-3-26(39)8-6-5-7-9-29(36-31(40)28-21-34(28)15-18-37(4-2)19-16-34)32-35-22-30(42-32)24-10-13-27-23(20-24)14-17-38(33(27)41)25-11-12-25/h10,13-14,17,20,22,25,28-29H,3-9,11-12,15-16,18-19,21H2,1-2H3,(H,36,40)/t28-,29+/m1/s1. The molecule has 1 aromatic carbocycles. The number of hydrogen-bond acceptors (Lipinski definition) is 6. The first kappa shape index (κ1) is 28.8. The number of unbranched alkanes of at least 4 members (excludes halogenated alkanes) is 2. The van der Waals surface area contributed by atoms with Gasteiger partial charge in [0.25, 0.3) is 5.56 Å². The van der Waals surface area contributed by atoms with E-state index in [-0.39, 0.29) is 28.8 Å². The van der Waals surface area contributed by atoms with Gasteiger partial charge in [-0.2, -0.15) is 0 Å². The fourth-order valence-corrected chi connectivity index (χ4v) is 6.78. The lowest BCUT2D eigenvalue weighted by atomic mass is 9.90. The van der Waals surface area contributed by atoms with Crippen LogP contribution < -0.4 is 10.9 Å². The van der Waals surface area contributed by atoms with Gasteiger partial charge in [0.2, 0.25) is 11.8 Å². The van der Waals surface area contributed by atoms with Crippen molar-refractivity contribution in [2.75, 3.05) is 19.6 Å². The van der Waals surface area contributed by atoms with Crippen LogP contribution in [0.25, 0.3) is 22.1 Å². The molecule has 2 saturated carbocycles. The summed E-state index contributed by atoms with van der Waals surface area (Å²) in [7, 11) is 0. The summed E-state index contributed by atoms with van der Waals surface area (Å²) < 4.78 is 8.14. The molecule has 1 aliphatic heterocycles. The van der Waals surface area contributed by atoms with Gasteiger partial charge in [-0.15, -0.1) is 0 Å². The number of ketones is 1. The number of carbonyl (C=O) groups excluding carboxylic acids is 2. The number of nitrogens with one attached hydrogen (secondary N) is 1. The lowest BCUT2D eigenvalue weighted by Gasteiger charge is -2.32. The number of Topliss-reactive ketones (excluding diaryl/α,β-unsaturated/α-hetero) is 1. The third-order valence-corrected chi connectivity index (χ3v) is 9.94. The normalized spacial score (nSPS) is 20.6. The Kier molecular flexibility index (Phi) is 8.35. The van der Waals surface area contributed by atoms with Crippen LogP contribution in [-0.2, 0) is 9.59 Å². The molecular formula is C34H44N4O4. The molecule has 3 aromatic rings. The summed E-state index contributed by atoms with van der Waals surface area (Å²) in [6, 6.07) is 7.80. The number of aromatic nitrogens is 2. The highest BCUT2D eigenvalue weighted by atomic mass is 16.4. The number of likely N-dealkylation sites (tertiary alicyclic amines) is 1. The van der Waals surface area contributed by atoms with E-state index in [1.165, 1.54) is 0 Å². The van der Waals surface area contributed by atoms with Crippen LogP contribution in [0.3, 0.4) is 0 Å². The molecule has 2 aromatic heterocycles. The molecule has 1 spiro atoms. The number of hydrogen-bond donors (Lipinski definition) is 1. The van der Waals surface area contributed by atoms with Crippen molar-refractivity contribution >= 4 is 22.5 Å². The van der Waals surface area contributed by atoms with Crippen LogP contribution in [0.1, 0.15) is 102 Å². The van der Waals surface area contributed by atoms with Crippen LogP contribution in [0, 0.1) is 11.3 Å². The molecule has 1 saturated heterocycles. The van der Waals surface area contributed by atoms with Crippen LogP contribution in [-0.4, -0.2) is 45.8 Å². The highest BCUT2D eigenvalue weighted by Gasteiger charge is 2.58. The lowest BCUT2D eigenvalue weighted by molar-refractivity contribution is -0.124. The third kappa shape index (κ3) is 6.10. The average Bonchev–Trinajstić information content (AvgIpc) is 3.92. The number of oxazole rings is 1. The molecule has 6 rings (SSSR count). The second-order valence-corrected chi connectivity index (χ2v) is 12.7. The Labute approximate surface area is 247 Å². The molecule has 1 amide bonds. The summed E-state index contributed by atoms with van der Waals surface area (Å²) in [5.41, 5.74) is 1.07. The van der Waals surface area contributed by atoms with E-state index in [4.69, 9.17) is 4.42 Å². The molecule has 2 aliphatic carbocycles. The number of benzene rings is 1. The van der Waals surface area contributed by atoms with Crippen molar-refractivity contribution < 1.29 is 14.0 Å². The molecule has 0 unspecified atom stereocenters. The van der Waals surface area contributed by atoms with Gasteiger partial charge >= 0.3 is 0 Å². The molecule has 3 fully saturated rings. The Morgan fingerprint density at radius 2 is 1.93 bits per heavy atom. The highest BCUT2D eigenvalue weighted by Crippen LogP contribution is 2.59. The van der Waals surface area contributed by atoms with Gasteiger partial charge in [0.15, 0.2) is 5.76 Å². The predicted molar refractivity (Wildman–Crippen MR) is 163 cm³/mol. The lowest BCUT2D eigenvalue weighted by Crippen LogP contribution is -2.37. The molecule has 0 bridgehead atoms. The van der Waals surface area contributed by atoms with Crippen LogP contribution in [0.2, 0.25) is 0 Å². The predicted octanol–water partition coefficient (Wildman–Crippen LogP) is 6.20. The van der Waals surface area contributed by atoms with Gasteiger partial charge in [0.05, 0.1) is 6.20 Å². The van der Waals surface area contributed by atoms with Crippen molar-refractivity contribution in [1.29, 1.82) is 0 Å². The van der Waals surface area contributed by atoms with Crippen LogP contribution in [0.15, 0.2) is 45.9 Å². The molecule has 1 N–H and O–H groups in total. The first-order chi connectivity index (χ1) is 20.4. The SMILES string of the molecule is CCC(=O)CCCCC[C@H](NC(=O)[C@H]1CC12CCN(CC)CC2)c1ncc(-c2ccc3c(=O)n(C4CC4)ccc3c2)o1. The third-order valence-electron chi connectivity index (χ3n) is 9.94.